The molecule has 0 aliphatic carbocycles. The molecule has 28 heavy (non-hydrogen) atoms. The number of furan rings is 1. The van der Waals surface area contributed by atoms with E-state index >= 15 is 0 Å². The third-order valence-corrected chi connectivity index (χ3v) is 5.37. The number of amides is 1. The van der Waals surface area contributed by atoms with Crippen LogP contribution in [0.5, 0.6) is 0 Å². The number of morpholine rings is 1. The van der Waals surface area contributed by atoms with Gasteiger partial charge in [-0.1, -0.05) is 36.7 Å². The molecule has 1 N–H and O–H groups in total. The van der Waals surface area contributed by atoms with E-state index in [0.29, 0.717) is 18.2 Å². The first-order chi connectivity index (χ1) is 13.7. The first-order valence-corrected chi connectivity index (χ1v) is 9.93. The zero-order valence-electron chi connectivity index (χ0n) is 15.8. The molecule has 4 rings (SSSR count). The van der Waals surface area contributed by atoms with E-state index in [4.69, 9.17) is 20.8 Å². The second-order valence-corrected chi connectivity index (χ2v) is 7.31. The highest BCUT2D eigenvalue weighted by Gasteiger charge is 2.19. The lowest BCUT2D eigenvalue weighted by atomic mass is 10.1. The largest absolute Gasteiger partial charge is 0.464 e. The summed E-state index contributed by atoms with van der Waals surface area (Å²) in [6, 6.07) is 11.7. The van der Waals surface area contributed by atoms with Gasteiger partial charge in [-0.15, -0.1) is 0 Å². The summed E-state index contributed by atoms with van der Waals surface area (Å²) in [6.07, 6.45) is 2.86. The Morgan fingerprint density at radius 1 is 1.21 bits per heavy atom. The van der Waals surface area contributed by atoms with Crippen molar-refractivity contribution in [3.05, 3.63) is 58.8 Å². The number of anilines is 2. The topological polar surface area (TPSA) is 54.7 Å². The van der Waals surface area contributed by atoms with Gasteiger partial charge in [-0.05, 0) is 30.2 Å². The van der Waals surface area contributed by atoms with Crippen molar-refractivity contribution < 1.29 is 13.9 Å². The fourth-order valence-electron chi connectivity index (χ4n) is 3.58. The highest BCUT2D eigenvalue weighted by molar-refractivity contribution is 6.34. The molecule has 1 fully saturated rings. The van der Waals surface area contributed by atoms with E-state index in [9.17, 15) is 4.79 Å². The number of nitrogens with zero attached hydrogens (tertiary/aromatic N) is 1. The minimum absolute atomic E-state index is 0.0981. The van der Waals surface area contributed by atoms with Crippen molar-refractivity contribution in [1.29, 1.82) is 0 Å². The highest BCUT2D eigenvalue weighted by atomic mass is 35.5. The van der Waals surface area contributed by atoms with E-state index in [2.05, 4.69) is 23.2 Å². The third-order valence-electron chi connectivity index (χ3n) is 5.07. The van der Waals surface area contributed by atoms with E-state index in [1.165, 1.54) is 5.56 Å². The lowest BCUT2D eigenvalue weighted by Crippen LogP contribution is -2.37. The van der Waals surface area contributed by atoms with Crippen molar-refractivity contribution in [3.8, 4) is 0 Å². The van der Waals surface area contributed by atoms with Gasteiger partial charge in [0.1, 0.15) is 5.58 Å². The number of nitrogens with one attached hydrogen (secondary N) is 1. The predicted octanol–water partition coefficient (Wildman–Crippen LogP) is 4.67. The molecule has 0 saturated carbocycles. The Morgan fingerprint density at radius 3 is 2.82 bits per heavy atom. The van der Waals surface area contributed by atoms with E-state index in [0.717, 1.165) is 47.4 Å². The van der Waals surface area contributed by atoms with Gasteiger partial charge < -0.3 is 19.4 Å². The summed E-state index contributed by atoms with van der Waals surface area (Å²) in [4.78, 5) is 14.9. The van der Waals surface area contributed by atoms with Crippen molar-refractivity contribution in [1.82, 2.24) is 0 Å². The van der Waals surface area contributed by atoms with Crippen LogP contribution in [0.3, 0.4) is 0 Å². The zero-order chi connectivity index (χ0) is 19.5. The van der Waals surface area contributed by atoms with Gasteiger partial charge in [-0.2, -0.15) is 0 Å². The van der Waals surface area contributed by atoms with Crippen LogP contribution < -0.4 is 10.2 Å². The second kappa shape index (κ2) is 8.25. The molecule has 146 valence electrons. The quantitative estimate of drug-likeness (QED) is 0.678. The first-order valence-electron chi connectivity index (χ1n) is 9.55. The molecule has 2 heterocycles. The summed E-state index contributed by atoms with van der Waals surface area (Å²) in [7, 11) is 0. The molecule has 0 spiro atoms. The number of aryl methyl sites for hydroxylation is 1. The van der Waals surface area contributed by atoms with Crippen LogP contribution >= 0.6 is 11.6 Å². The monoisotopic (exact) mass is 398 g/mol. The van der Waals surface area contributed by atoms with Gasteiger partial charge >= 0.3 is 0 Å². The number of hydrogen-bond donors (Lipinski definition) is 1. The molecule has 0 radical (unpaired) electrons. The maximum Gasteiger partial charge on any atom is 0.228 e. The highest BCUT2D eigenvalue weighted by Crippen LogP contribution is 2.34. The summed E-state index contributed by atoms with van der Waals surface area (Å²) in [5.74, 6) is -0.0981. The summed E-state index contributed by atoms with van der Waals surface area (Å²) < 4.78 is 11.1. The van der Waals surface area contributed by atoms with Crippen molar-refractivity contribution >= 4 is 39.9 Å². The molecule has 5 nitrogen and oxygen atoms in total. The number of carbonyl (C=O) groups is 1. The van der Waals surface area contributed by atoms with E-state index < -0.39 is 0 Å². The van der Waals surface area contributed by atoms with Gasteiger partial charge in [0.15, 0.2) is 0 Å². The number of fused-ring (bicyclic) bond motifs is 1. The Kier molecular flexibility index (Phi) is 5.55. The van der Waals surface area contributed by atoms with Gasteiger partial charge in [0, 0.05) is 24.0 Å². The average molecular weight is 399 g/mol. The molecule has 0 bridgehead atoms. The van der Waals surface area contributed by atoms with E-state index in [1.807, 2.05) is 30.3 Å². The van der Waals surface area contributed by atoms with Crippen LogP contribution in [0.4, 0.5) is 11.4 Å². The predicted molar refractivity (Wildman–Crippen MR) is 112 cm³/mol. The van der Waals surface area contributed by atoms with Crippen LogP contribution in [0.15, 0.2) is 47.1 Å². The number of carbonyl (C=O) groups excluding carboxylic acids is 1. The number of hydrogen-bond acceptors (Lipinski definition) is 4. The SMILES string of the molecule is CCc1ccc2c(CC(=O)Nc3cccc(Cl)c3N3CCOCC3)coc2c1. The third kappa shape index (κ3) is 3.86. The normalized spacial score (nSPS) is 14.4. The van der Waals surface area contributed by atoms with Crippen molar-refractivity contribution in [3.63, 3.8) is 0 Å². The standard InChI is InChI=1S/C22H23ClN2O3/c1-2-15-6-7-17-16(14-28-20(17)12-15)13-21(26)24-19-5-3-4-18(23)22(19)25-8-10-27-11-9-25/h3-7,12,14H,2,8-11,13H2,1H3,(H,24,26). The minimum atomic E-state index is -0.0981. The first kappa shape index (κ1) is 18.8. The summed E-state index contributed by atoms with van der Waals surface area (Å²) in [5, 5.41) is 4.63. The average Bonchev–Trinajstić information content (AvgIpc) is 3.10. The molecular weight excluding hydrogens is 376 g/mol. The Hall–Kier alpha value is -2.50. The number of benzene rings is 2. The van der Waals surface area contributed by atoms with Gasteiger partial charge in [0.2, 0.25) is 5.91 Å². The smallest absolute Gasteiger partial charge is 0.228 e. The van der Waals surface area contributed by atoms with Crippen LogP contribution in [0.1, 0.15) is 18.1 Å². The Labute approximate surface area is 169 Å². The van der Waals surface area contributed by atoms with Crippen molar-refractivity contribution in [2.24, 2.45) is 0 Å². The molecule has 1 saturated heterocycles. The van der Waals surface area contributed by atoms with Crippen molar-refractivity contribution in [2.75, 3.05) is 36.5 Å². The molecule has 0 unspecified atom stereocenters. The molecule has 1 aliphatic rings. The van der Waals surface area contributed by atoms with Crippen LogP contribution in [0, 0.1) is 0 Å². The number of rotatable bonds is 5. The summed E-state index contributed by atoms with van der Waals surface area (Å²) in [6.45, 7) is 4.91. The zero-order valence-corrected chi connectivity index (χ0v) is 16.6. The fourth-order valence-corrected chi connectivity index (χ4v) is 3.87. The summed E-state index contributed by atoms with van der Waals surface area (Å²) in [5.41, 5.74) is 4.49. The number of ether oxygens (including phenoxy) is 1. The maximum absolute atomic E-state index is 12.8. The number of para-hydroxylation sites is 1. The maximum atomic E-state index is 12.8. The Morgan fingerprint density at radius 2 is 2.04 bits per heavy atom. The van der Waals surface area contributed by atoms with Gasteiger partial charge in [-0.3, -0.25) is 4.79 Å². The number of halogens is 1. The second-order valence-electron chi connectivity index (χ2n) is 6.91. The molecule has 2 aromatic carbocycles. The lowest BCUT2D eigenvalue weighted by Gasteiger charge is -2.31. The van der Waals surface area contributed by atoms with Crippen LogP contribution in [-0.4, -0.2) is 32.2 Å². The van der Waals surface area contributed by atoms with Crippen LogP contribution in [-0.2, 0) is 22.4 Å². The molecule has 6 heteroatoms. The molecule has 1 amide bonds. The minimum Gasteiger partial charge on any atom is -0.464 e. The Bertz CT molecular complexity index is 993. The molecule has 0 atom stereocenters. The van der Waals surface area contributed by atoms with Crippen LogP contribution in [0.25, 0.3) is 11.0 Å². The van der Waals surface area contributed by atoms with Gasteiger partial charge in [0.25, 0.3) is 0 Å². The van der Waals surface area contributed by atoms with Crippen LogP contribution in [0.2, 0.25) is 5.02 Å². The van der Waals surface area contributed by atoms with E-state index in [-0.39, 0.29) is 12.3 Å². The fraction of sp³-hybridized carbons (Fsp3) is 0.318. The molecule has 3 aromatic rings. The molecule has 1 aromatic heterocycles. The lowest BCUT2D eigenvalue weighted by molar-refractivity contribution is -0.115. The van der Waals surface area contributed by atoms with Gasteiger partial charge in [-0.25, -0.2) is 0 Å². The Balaban J connectivity index is 1.54. The van der Waals surface area contributed by atoms with E-state index in [1.54, 1.807) is 6.26 Å². The summed E-state index contributed by atoms with van der Waals surface area (Å²) >= 11 is 6.45. The van der Waals surface area contributed by atoms with Gasteiger partial charge in [0.05, 0.1) is 42.3 Å². The molecular formula is C22H23ClN2O3. The van der Waals surface area contributed by atoms with Crippen molar-refractivity contribution in [2.45, 2.75) is 19.8 Å². The molecule has 1 aliphatic heterocycles.